The number of rotatable bonds is 0. The minimum atomic E-state index is 0. The molecule has 0 aliphatic carbocycles. The second-order valence-corrected chi connectivity index (χ2v) is 1.41. The fourth-order valence-electron chi connectivity index (χ4n) is 0.453. The molecule has 0 spiro atoms. The highest BCUT2D eigenvalue weighted by Crippen LogP contribution is 1.95. The van der Waals surface area contributed by atoms with E-state index >= 15 is 0 Å². The maximum Gasteiger partial charge on any atom is 0.0313 e. The van der Waals surface area contributed by atoms with Gasteiger partial charge in [0.1, 0.15) is 0 Å². The Balaban J connectivity index is 0.000000490. The van der Waals surface area contributed by atoms with Gasteiger partial charge in [-0.25, -0.2) is 0 Å². The van der Waals surface area contributed by atoms with Crippen molar-refractivity contribution in [3.05, 3.63) is 30.3 Å². The lowest BCUT2D eigenvalue weighted by molar-refractivity contribution is 1.69. The molecule has 0 aliphatic heterocycles. The van der Waals surface area contributed by atoms with Crippen LogP contribution in [-0.2, 0) is 0 Å². The summed E-state index contributed by atoms with van der Waals surface area (Å²) in [6.07, 6.45) is 0. The Morgan fingerprint density at radius 3 is 1.75 bits per heavy atom. The maximum atomic E-state index is 5.36. The molecule has 0 heterocycles. The van der Waals surface area contributed by atoms with Gasteiger partial charge in [-0.05, 0) is 12.1 Å². The van der Waals surface area contributed by atoms with Crippen LogP contribution in [0.3, 0.4) is 0 Å². The summed E-state index contributed by atoms with van der Waals surface area (Å²) in [5.41, 5.74) is 6.18. The molecule has 2 heteroatoms. The van der Waals surface area contributed by atoms with Gasteiger partial charge in [-0.3, -0.25) is 0 Å². The van der Waals surface area contributed by atoms with Crippen molar-refractivity contribution >= 4 is 14.1 Å². The molecule has 0 aliphatic rings. The van der Waals surface area contributed by atoms with Crippen LogP contribution in [0.4, 0.5) is 5.69 Å². The molecule has 0 atom stereocenters. The molecule has 1 rings (SSSR count). The fraction of sp³-hybridized carbons (Fsp3) is 0. The van der Waals surface area contributed by atoms with Crippen molar-refractivity contribution in [2.24, 2.45) is 0 Å². The molecule has 1 nitrogen and oxygen atoms in total. The lowest BCUT2D eigenvalue weighted by Gasteiger charge is -1.83. The summed E-state index contributed by atoms with van der Waals surface area (Å²) in [7, 11) is 0. The second-order valence-electron chi connectivity index (χ2n) is 1.41. The molecule has 3 radical (unpaired) electrons. The van der Waals surface area contributed by atoms with Crippen LogP contribution >= 0.6 is 0 Å². The van der Waals surface area contributed by atoms with Gasteiger partial charge in [-0.2, -0.15) is 0 Å². The molecule has 0 fully saturated rings. The zero-order chi connectivity index (χ0) is 5.11. The molecular formula is C6H7BN. The van der Waals surface area contributed by atoms with Gasteiger partial charge < -0.3 is 5.73 Å². The van der Waals surface area contributed by atoms with Crippen molar-refractivity contribution in [2.45, 2.75) is 0 Å². The molecule has 0 saturated heterocycles. The summed E-state index contributed by atoms with van der Waals surface area (Å²) in [6.45, 7) is 0. The van der Waals surface area contributed by atoms with Crippen LogP contribution in [0.2, 0.25) is 0 Å². The van der Waals surface area contributed by atoms with Crippen molar-refractivity contribution in [1.29, 1.82) is 0 Å². The smallest absolute Gasteiger partial charge is 0.0313 e. The quantitative estimate of drug-likeness (QED) is 0.383. The van der Waals surface area contributed by atoms with Crippen LogP contribution in [0.1, 0.15) is 0 Å². The topological polar surface area (TPSA) is 26.0 Å². The third-order valence-electron chi connectivity index (χ3n) is 0.800. The number of benzene rings is 1. The summed E-state index contributed by atoms with van der Waals surface area (Å²) in [4.78, 5) is 0. The van der Waals surface area contributed by atoms with Gasteiger partial charge in [0, 0.05) is 14.1 Å². The molecule has 0 bridgehead atoms. The maximum absolute atomic E-state index is 5.36. The minimum Gasteiger partial charge on any atom is -0.399 e. The highest BCUT2D eigenvalue weighted by molar-refractivity contribution is 5.75. The molecule has 2 N–H and O–H groups in total. The van der Waals surface area contributed by atoms with E-state index in [1.54, 1.807) is 0 Å². The predicted molar refractivity (Wildman–Crippen MR) is 36.6 cm³/mol. The van der Waals surface area contributed by atoms with Crippen molar-refractivity contribution in [1.82, 2.24) is 0 Å². The van der Waals surface area contributed by atoms with E-state index in [0.717, 1.165) is 5.69 Å². The summed E-state index contributed by atoms with van der Waals surface area (Å²) >= 11 is 0. The lowest BCUT2D eigenvalue weighted by atomic mass is 10.3. The molecule has 1 aromatic rings. The number of hydrogen-bond acceptors (Lipinski definition) is 1. The van der Waals surface area contributed by atoms with Crippen LogP contribution in [0.5, 0.6) is 0 Å². The van der Waals surface area contributed by atoms with Crippen molar-refractivity contribution in [2.75, 3.05) is 5.73 Å². The fourth-order valence-corrected chi connectivity index (χ4v) is 0.453. The Morgan fingerprint density at radius 1 is 1.00 bits per heavy atom. The van der Waals surface area contributed by atoms with Gasteiger partial charge >= 0.3 is 0 Å². The number of anilines is 1. The first-order valence-electron chi connectivity index (χ1n) is 2.20. The van der Waals surface area contributed by atoms with E-state index < -0.39 is 0 Å². The third-order valence-corrected chi connectivity index (χ3v) is 0.800. The lowest BCUT2D eigenvalue weighted by Crippen LogP contribution is -1.79. The van der Waals surface area contributed by atoms with Crippen LogP contribution in [0.15, 0.2) is 30.3 Å². The predicted octanol–water partition coefficient (Wildman–Crippen LogP) is 0.888. The van der Waals surface area contributed by atoms with Crippen LogP contribution in [-0.4, -0.2) is 8.41 Å². The van der Waals surface area contributed by atoms with E-state index in [0.29, 0.717) is 0 Å². The average molecular weight is 104 g/mol. The van der Waals surface area contributed by atoms with Crippen molar-refractivity contribution in [3.8, 4) is 0 Å². The minimum absolute atomic E-state index is 0. The largest absolute Gasteiger partial charge is 0.399 e. The molecule has 8 heavy (non-hydrogen) atoms. The Labute approximate surface area is 51.1 Å². The van der Waals surface area contributed by atoms with Gasteiger partial charge in [0.2, 0.25) is 0 Å². The Kier molecular flexibility index (Phi) is 2.78. The van der Waals surface area contributed by atoms with Crippen molar-refractivity contribution < 1.29 is 0 Å². The average Bonchev–Trinajstić information content (AvgIpc) is 1.69. The molecule has 0 saturated carbocycles. The standard InChI is InChI=1S/C6H7N.B/c7-6-4-2-1-3-5-6;/h1-5H,7H2;. The van der Waals surface area contributed by atoms with Crippen LogP contribution < -0.4 is 5.73 Å². The zero-order valence-electron chi connectivity index (χ0n) is 4.54. The number of hydrogen-bond donors (Lipinski definition) is 1. The molecular weight excluding hydrogens is 96.9 g/mol. The van der Waals surface area contributed by atoms with E-state index in [2.05, 4.69) is 0 Å². The molecule has 39 valence electrons. The van der Waals surface area contributed by atoms with Gasteiger partial charge in [0.15, 0.2) is 0 Å². The summed E-state index contributed by atoms with van der Waals surface area (Å²) in [6, 6.07) is 9.49. The number of nitrogen functional groups attached to an aromatic ring is 1. The SMILES string of the molecule is Nc1ccccc1.[B]. The van der Waals surface area contributed by atoms with E-state index in [1.807, 2.05) is 30.3 Å². The highest BCUT2D eigenvalue weighted by Gasteiger charge is 1.72. The highest BCUT2D eigenvalue weighted by atomic mass is 14.5. The van der Waals surface area contributed by atoms with Crippen LogP contribution in [0.25, 0.3) is 0 Å². The number of para-hydroxylation sites is 1. The second kappa shape index (κ2) is 3.13. The third kappa shape index (κ3) is 1.69. The molecule has 0 aromatic heterocycles. The molecule has 0 amide bonds. The van der Waals surface area contributed by atoms with E-state index in [1.165, 1.54) is 0 Å². The first-order valence-corrected chi connectivity index (χ1v) is 2.20. The Bertz CT molecular complexity index is 138. The normalized spacial score (nSPS) is 7.50. The summed E-state index contributed by atoms with van der Waals surface area (Å²) < 4.78 is 0. The summed E-state index contributed by atoms with van der Waals surface area (Å²) in [5, 5.41) is 0. The molecule has 1 aromatic carbocycles. The van der Waals surface area contributed by atoms with Gasteiger partial charge in [0.05, 0.1) is 0 Å². The Morgan fingerprint density at radius 2 is 1.50 bits per heavy atom. The number of nitrogens with two attached hydrogens (primary N) is 1. The van der Waals surface area contributed by atoms with Gasteiger partial charge in [-0.15, -0.1) is 0 Å². The first-order chi connectivity index (χ1) is 3.39. The van der Waals surface area contributed by atoms with E-state index in [4.69, 9.17) is 5.73 Å². The van der Waals surface area contributed by atoms with Gasteiger partial charge in [0.25, 0.3) is 0 Å². The van der Waals surface area contributed by atoms with Crippen molar-refractivity contribution in [3.63, 3.8) is 0 Å². The van der Waals surface area contributed by atoms with Crippen LogP contribution in [0, 0.1) is 0 Å². The first kappa shape index (κ1) is 7.08. The van der Waals surface area contributed by atoms with Gasteiger partial charge in [-0.1, -0.05) is 18.2 Å². The van der Waals surface area contributed by atoms with E-state index in [9.17, 15) is 0 Å². The summed E-state index contributed by atoms with van der Waals surface area (Å²) in [5.74, 6) is 0. The zero-order valence-corrected chi connectivity index (χ0v) is 4.54. The Hall–Kier alpha value is -0.915. The molecule has 0 unspecified atom stereocenters. The monoisotopic (exact) mass is 104 g/mol. The van der Waals surface area contributed by atoms with E-state index in [-0.39, 0.29) is 8.41 Å².